The number of rotatable bonds is 5. The fourth-order valence-corrected chi connectivity index (χ4v) is 6.05. The SMILES string of the molecule is C=Cc1c(C)c2cc3nc(c(C)c4cc(C)c(cc5nc(cc1[nH]2)C(C)=C5CC)[nH]4)[C@@H](CCC(=O)OC)[C@@H]3C. The zero-order valence-electron chi connectivity index (χ0n) is 24.1. The highest BCUT2D eigenvalue weighted by molar-refractivity contribution is 5.93. The highest BCUT2D eigenvalue weighted by Crippen LogP contribution is 2.42. The topological polar surface area (TPSA) is 83.7 Å². The second-order valence-electron chi connectivity index (χ2n) is 10.8. The number of H-pyrrole nitrogens is 2. The summed E-state index contributed by atoms with van der Waals surface area (Å²) in [5.41, 5.74) is 15.0. The van der Waals surface area contributed by atoms with Crippen LogP contribution in [0.25, 0.3) is 39.3 Å². The van der Waals surface area contributed by atoms with Crippen LogP contribution >= 0.6 is 0 Å². The molecule has 0 saturated carbocycles. The number of nitrogens with one attached hydrogen (secondary N) is 2. The number of nitrogens with zero attached hydrogens (tertiary/aromatic N) is 2. The molecule has 5 heterocycles. The van der Waals surface area contributed by atoms with E-state index >= 15 is 0 Å². The summed E-state index contributed by atoms with van der Waals surface area (Å²) in [7, 11) is 1.44. The number of aryl methyl sites for hydroxylation is 3. The molecule has 0 saturated heterocycles. The van der Waals surface area contributed by atoms with Crippen LogP contribution in [0.3, 0.4) is 0 Å². The molecule has 6 nitrogen and oxygen atoms in total. The van der Waals surface area contributed by atoms with Crippen molar-refractivity contribution in [3.63, 3.8) is 0 Å². The smallest absolute Gasteiger partial charge is 0.305 e. The fourth-order valence-electron chi connectivity index (χ4n) is 6.05. The van der Waals surface area contributed by atoms with Gasteiger partial charge in [-0.05, 0) is 92.6 Å². The number of ether oxygens (including phenoxy) is 1. The van der Waals surface area contributed by atoms with Crippen LogP contribution < -0.4 is 0 Å². The average molecular weight is 523 g/mol. The largest absolute Gasteiger partial charge is 0.469 e. The summed E-state index contributed by atoms with van der Waals surface area (Å²) >= 11 is 0. The van der Waals surface area contributed by atoms with Crippen molar-refractivity contribution in [2.45, 2.75) is 72.6 Å². The van der Waals surface area contributed by atoms with Gasteiger partial charge in [-0.2, -0.15) is 0 Å². The van der Waals surface area contributed by atoms with Crippen molar-refractivity contribution in [3.8, 4) is 0 Å². The van der Waals surface area contributed by atoms with Crippen LogP contribution in [-0.4, -0.2) is 33.0 Å². The van der Waals surface area contributed by atoms with Gasteiger partial charge in [-0.1, -0.05) is 26.5 Å². The van der Waals surface area contributed by atoms with Crippen LogP contribution in [0.15, 0.2) is 30.8 Å². The Hall–Kier alpha value is -3.93. The van der Waals surface area contributed by atoms with Crippen LogP contribution in [0.1, 0.15) is 96.9 Å². The first-order chi connectivity index (χ1) is 18.7. The molecule has 0 radical (unpaired) electrons. The third kappa shape index (κ3) is 4.62. The molecule has 0 spiro atoms. The lowest BCUT2D eigenvalue weighted by atomic mass is 9.86. The molecule has 2 N–H and O–H groups in total. The second kappa shape index (κ2) is 10.3. The van der Waals surface area contributed by atoms with Crippen LogP contribution in [0, 0.1) is 20.8 Å². The molecule has 2 atom stereocenters. The van der Waals surface area contributed by atoms with E-state index in [4.69, 9.17) is 14.7 Å². The summed E-state index contributed by atoms with van der Waals surface area (Å²) < 4.78 is 4.96. The van der Waals surface area contributed by atoms with Crippen LogP contribution in [0.4, 0.5) is 0 Å². The molecule has 5 rings (SSSR count). The maximum Gasteiger partial charge on any atom is 0.305 e. The van der Waals surface area contributed by atoms with Crippen molar-refractivity contribution in [3.05, 3.63) is 75.9 Å². The minimum Gasteiger partial charge on any atom is -0.469 e. The van der Waals surface area contributed by atoms with Crippen LogP contribution in [0.2, 0.25) is 0 Å². The van der Waals surface area contributed by atoms with Crippen molar-refractivity contribution in [2.24, 2.45) is 0 Å². The number of carbonyl (C=O) groups is 1. The Morgan fingerprint density at radius 1 is 0.974 bits per heavy atom. The molecule has 3 aromatic heterocycles. The number of methoxy groups -OCH3 is 1. The zero-order chi connectivity index (χ0) is 28.0. The number of fused-ring (bicyclic) bond motifs is 8. The van der Waals surface area contributed by atoms with E-state index < -0.39 is 0 Å². The molecule has 3 aromatic rings. The monoisotopic (exact) mass is 522 g/mol. The Labute approximate surface area is 230 Å². The third-order valence-electron chi connectivity index (χ3n) is 8.57. The van der Waals surface area contributed by atoms with E-state index in [1.807, 2.05) is 6.08 Å². The van der Waals surface area contributed by atoms with Crippen molar-refractivity contribution < 1.29 is 9.53 Å². The second-order valence-corrected chi connectivity index (χ2v) is 10.8. The van der Waals surface area contributed by atoms with Gasteiger partial charge in [0.05, 0.1) is 18.5 Å². The summed E-state index contributed by atoms with van der Waals surface area (Å²) in [5.74, 6) is 0.0606. The van der Waals surface area contributed by atoms with Gasteiger partial charge in [0.25, 0.3) is 0 Å². The van der Waals surface area contributed by atoms with Gasteiger partial charge in [-0.25, -0.2) is 4.98 Å². The Morgan fingerprint density at radius 2 is 1.67 bits per heavy atom. The van der Waals surface area contributed by atoms with E-state index in [0.717, 1.165) is 73.5 Å². The van der Waals surface area contributed by atoms with Crippen molar-refractivity contribution in [2.75, 3.05) is 7.11 Å². The predicted molar refractivity (Wildman–Crippen MR) is 160 cm³/mol. The predicted octanol–water partition coefficient (Wildman–Crippen LogP) is 8.06. The first-order valence-electron chi connectivity index (χ1n) is 13.8. The van der Waals surface area contributed by atoms with Gasteiger partial charge in [0.1, 0.15) is 0 Å². The molecule has 202 valence electrons. The van der Waals surface area contributed by atoms with Gasteiger partial charge in [-0.3, -0.25) is 9.78 Å². The molecule has 2 aliphatic heterocycles. The molecule has 39 heavy (non-hydrogen) atoms. The lowest BCUT2D eigenvalue weighted by Gasteiger charge is -2.16. The van der Waals surface area contributed by atoms with Crippen LogP contribution in [0.5, 0.6) is 0 Å². The summed E-state index contributed by atoms with van der Waals surface area (Å²) in [4.78, 5) is 29.6. The number of carbonyl (C=O) groups excluding carboxylic acids is 1. The number of allylic oxidation sites excluding steroid dienone is 2. The average Bonchev–Trinajstić information content (AvgIpc) is 3.61. The van der Waals surface area contributed by atoms with Gasteiger partial charge in [0.2, 0.25) is 0 Å². The molecule has 6 heteroatoms. The van der Waals surface area contributed by atoms with E-state index in [2.05, 4.69) is 82.4 Å². The number of esters is 1. The standard InChI is InChI=1S/C33H38N4O2/c1-9-22-19(5)28-16-31-23(10-2)18(4)27(35-31)15-29-20(6)24(11-12-32(38)39-8)33(37-29)21(7)26-13-17(3)25(34-26)14-30(22)36-28/h10,13-16,20,24,34-35H,2,9,11-12H2,1,3-8H3/t20-,24-/m0/s1. The number of aromatic amines is 2. The first kappa shape index (κ1) is 26.7. The molecule has 0 fully saturated rings. The Kier molecular flexibility index (Phi) is 7.06. The van der Waals surface area contributed by atoms with E-state index in [9.17, 15) is 4.79 Å². The Bertz CT molecular complexity index is 1690. The molecule has 0 aromatic carbocycles. The fraction of sp³-hybridized carbons (Fsp3) is 0.364. The molecular formula is C33H38N4O2. The normalized spacial score (nSPS) is 17.0. The maximum atomic E-state index is 12.1. The number of hydrogen-bond donors (Lipinski definition) is 2. The van der Waals surface area contributed by atoms with E-state index in [-0.39, 0.29) is 17.8 Å². The Balaban J connectivity index is 1.88. The van der Waals surface area contributed by atoms with E-state index in [0.29, 0.717) is 12.8 Å². The summed E-state index contributed by atoms with van der Waals surface area (Å²) in [6.07, 6.45) is 3.86. The minimum absolute atomic E-state index is 0.107. The molecule has 0 aliphatic carbocycles. The van der Waals surface area contributed by atoms with Crippen LogP contribution in [-0.2, 0) is 9.53 Å². The van der Waals surface area contributed by atoms with Gasteiger partial charge >= 0.3 is 5.97 Å². The highest BCUT2D eigenvalue weighted by Gasteiger charge is 2.31. The maximum absolute atomic E-state index is 12.1. The molecule has 0 amide bonds. The summed E-state index contributed by atoms with van der Waals surface area (Å²) in [5, 5.41) is 0. The van der Waals surface area contributed by atoms with Gasteiger partial charge in [0.15, 0.2) is 0 Å². The Morgan fingerprint density at radius 3 is 2.36 bits per heavy atom. The van der Waals surface area contributed by atoms with Gasteiger partial charge < -0.3 is 14.7 Å². The highest BCUT2D eigenvalue weighted by atomic mass is 16.5. The number of hydrogen-bond acceptors (Lipinski definition) is 4. The summed E-state index contributed by atoms with van der Waals surface area (Å²) in [6.45, 7) is 17.0. The lowest BCUT2D eigenvalue weighted by molar-refractivity contribution is -0.140. The number of aromatic nitrogens is 4. The van der Waals surface area contributed by atoms with Gasteiger partial charge in [-0.15, -0.1) is 0 Å². The minimum atomic E-state index is -0.193. The quantitative estimate of drug-likeness (QED) is 0.332. The molecule has 2 aliphatic rings. The van der Waals surface area contributed by atoms with Crippen molar-refractivity contribution >= 4 is 45.3 Å². The van der Waals surface area contributed by atoms with Gasteiger partial charge in [0, 0.05) is 57.3 Å². The van der Waals surface area contributed by atoms with Crippen molar-refractivity contribution in [1.29, 1.82) is 0 Å². The summed E-state index contributed by atoms with van der Waals surface area (Å²) in [6, 6.07) is 8.66. The molecule has 0 unspecified atom stereocenters. The van der Waals surface area contributed by atoms with Crippen molar-refractivity contribution in [1.82, 2.24) is 19.9 Å². The lowest BCUT2D eigenvalue weighted by Crippen LogP contribution is -2.08. The third-order valence-corrected chi connectivity index (χ3v) is 8.57. The zero-order valence-corrected chi connectivity index (χ0v) is 24.1. The van der Waals surface area contributed by atoms with E-state index in [1.165, 1.54) is 18.3 Å². The first-order valence-corrected chi connectivity index (χ1v) is 13.8. The molecular weight excluding hydrogens is 484 g/mol. The molecule has 8 bridgehead atoms. The van der Waals surface area contributed by atoms with E-state index in [1.54, 1.807) is 0 Å².